The first kappa shape index (κ1) is 13.9. The number of carbonyl (C=O) groups is 1. The van der Waals surface area contributed by atoms with Gasteiger partial charge in [-0.15, -0.1) is 5.10 Å². The molecule has 22 heavy (non-hydrogen) atoms. The van der Waals surface area contributed by atoms with Crippen LogP contribution < -0.4 is 5.32 Å². The van der Waals surface area contributed by atoms with Crippen LogP contribution in [-0.2, 0) is 4.79 Å². The first-order valence-electron chi connectivity index (χ1n) is 6.64. The Hall–Kier alpha value is -3.09. The Bertz CT molecular complexity index is 814. The minimum absolute atomic E-state index is 0.116. The van der Waals surface area contributed by atoms with E-state index in [0.29, 0.717) is 17.4 Å². The second-order valence-electron chi connectivity index (χ2n) is 4.74. The molecule has 0 atom stereocenters. The monoisotopic (exact) mass is 295 g/mol. The van der Waals surface area contributed by atoms with Gasteiger partial charge in [-0.05, 0) is 42.8 Å². The zero-order valence-electron chi connectivity index (χ0n) is 12.1. The number of aryl methyl sites for hydroxylation is 1. The van der Waals surface area contributed by atoms with E-state index in [1.54, 1.807) is 24.4 Å². The predicted molar refractivity (Wildman–Crippen MR) is 79.8 cm³/mol. The van der Waals surface area contributed by atoms with Crippen molar-refractivity contribution in [1.82, 2.24) is 20.3 Å². The molecule has 2 aromatic heterocycles. The number of rotatable bonds is 3. The molecule has 7 heteroatoms. The van der Waals surface area contributed by atoms with E-state index < -0.39 is 0 Å². The van der Waals surface area contributed by atoms with Crippen LogP contribution in [0.15, 0.2) is 41.1 Å². The summed E-state index contributed by atoms with van der Waals surface area (Å²) in [5.74, 6) is 0.663. The third kappa shape index (κ3) is 2.83. The molecule has 110 valence electrons. The van der Waals surface area contributed by atoms with Gasteiger partial charge in [0, 0.05) is 24.4 Å². The van der Waals surface area contributed by atoms with Crippen LogP contribution in [0.3, 0.4) is 0 Å². The average Bonchev–Trinajstić information content (AvgIpc) is 2.97. The number of amides is 1. The van der Waals surface area contributed by atoms with Crippen LogP contribution in [0.1, 0.15) is 12.5 Å². The fraction of sp³-hybridized carbons (Fsp3) is 0.133. The molecule has 2 heterocycles. The van der Waals surface area contributed by atoms with E-state index in [1.165, 1.54) is 6.92 Å². The lowest BCUT2D eigenvalue weighted by molar-refractivity contribution is -0.114. The molecule has 3 aromatic rings. The summed E-state index contributed by atoms with van der Waals surface area (Å²) in [4.78, 5) is 15.4. The van der Waals surface area contributed by atoms with Gasteiger partial charge in [0.15, 0.2) is 0 Å². The number of carbonyl (C=O) groups excluding carboxylic acids is 1. The highest BCUT2D eigenvalue weighted by Gasteiger charge is 2.14. The van der Waals surface area contributed by atoms with E-state index in [1.807, 2.05) is 19.1 Å². The van der Waals surface area contributed by atoms with E-state index in [2.05, 4.69) is 25.7 Å². The highest BCUT2D eigenvalue weighted by molar-refractivity contribution is 5.89. The van der Waals surface area contributed by atoms with Crippen molar-refractivity contribution in [1.29, 1.82) is 0 Å². The number of nitrogens with one attached hydrogen (secondary N) is 1. The minimum atomic E-state index is -0.116. The van der Waals surface area contributed by atoms with Crippen molar-refractivity contribution in [2.24, 2.45) is 0 Å². The van der Waals surface area contributed by atoms with Crippen molar-refractivity contribution in [2.45, 2.75) is 13.8 Å². The molecule has 0 saturated heterocycles. The zero-order chi connectivity index (χ0) is 15.5. The van der Waals surface area contributed by atoms with E-state index >= 15 is 0 Å². The Labute approximate surface area is 126 Å². The van der Waals surface area contributed by atoms with Gasteiger partial charge < -0.3 is 9.84 Å². The van der Waals surface area contributed by atoms with Gasteiger partial charge in [-0.3, -0.25) is 4.79 Å². The Kier molecular flexibility index (Phi) is 3.61. The summed E-state index contributed by atoms with van der Waals surface area (Å²) < 4.78 is 5.29. The summed E-state index contributed by atoms with van der Waals surface area (Å²) in [5, 5.41) is 14.4. The number of hydrogen-bond donors (Lipinski definition) is 1. The first-order chi connectivity index (χ1) is 10.6. The van der Waals surface area contributed by atoms with Gasteiger partial charge in [-0.25, -0.2) is 0 Å². The number of anilines is 1. The van der Waals surface area contributed by atoms with Crippen molar-refractivity contribution in [3.05, 3.63) is 42.1 Å². The fourth-order valence-corrected chi connectivity index (χ4v) is 2.04. The predicted octanol–water partition coefficient (Wildman–Crippen LogP) is 2.46. The maximum absolute atomic E-state index is 11.1. The maximum Gasteiger partial charge on any atom is 0.258 e. The Morgan fingerprint density at radius 1 is 1.27 bits per heavy atom. The van der Waals surface area contributed by atoms with Gasteiger partial charge in [0.05, 0.1) is 0 Å². The lowest BCUT2D eigenvalue weighted by Gasteiger charge is -2.05. The molecule has 0 unspecified atom stereocenters. The summed E-state index contributed by atoms with van der Waals surface area (Å²) in [6.07, 6.45) is 1.58. The quantitative estimate of drug-likeness (QED) is 0.797. The fourth-order valence-electron chi connectivity index (χ4n) is 2.04. The largest absolute Gasteiger partial charge is 0.334 e. The molecule has 3 rings (SSSR count). The molecule has 1 N–H and O–H groups in total. The van der Waals surface area contributed by atoms with Crippen LogP contribution in [0.4, 0.5) is 5.69 Å². The second-order valence-corrected chi connectivity index (χ2v) is 4.74. The van der Waals surface area contributed by atoms with Crippen LogP contribution in [0.2, 0.25) is 0 Å². The first-order valence-corrected chi connectivity index (χ1v) is 6.64. The smallest absolute Gasteiger partial charge is 0.258 e. The van der Waals surface area contributed by atoms with Crippen molar-refractivity contribution in [3.63, 3.8) is 0 Å². The molecule has 0 fully saturated rings. The third-order valence-corrected chi connectivity index (χ3v) is 3.00. The zero-order valence-corrected chi connectivity index (χ0v) is 12.1. The van der Waals surface area contributed by atoms with Crippen LogP contribution >= 0.6 is 0 Å². The van der Waals surface area contributed by atoms with Gasteiger partial charge in [-0.2, -0.15) is 10.1 Å². The third-order valence-electron chi connectivity index (χ3n) is 3.00. The summed E-state index contributed by atoms with van der Waals surface area (Å²) in [6, 6.07) is 8.98. The van der Waals surface area contributed by atoms with Crippen LogP contribution in [0.5, 0.6) is 0 Å². The van der Waals surface area contributed by atoms with E-state index in [4.69, 9.17) is 4.52 Å². The molecule has 0 aliphatic rings. The Balaban J connectivity index is 1.92. The molecular weight excluding hydrogens is 282 g/mol. The van der Waals surface area contributed by atoms with E-state index in [-0.39, 0.29) is 5.91 Å². The van der Waals surface area contributed by atoms with Crippen LogP contribution in [0, 0.1) is 6.92 Å². The molecule has 0 spiro atoms. The molecule has 0 aliphatic carbocycles. The molecule has 0 radical (unpaired) electrons. The molecule has 7 nitrogen and oxygen atoms in total. The standard InChI is InChI=1S/C15H13N5O2/c1-9-8-11(17-10(2)21)5-6-12(9)15-18-14(20-22-15)13-4-3-7-16-19-13/h3-8H,1-2H3,(H,17,21). The maximum atomic E-state index is 11.1. The highest BCUT2D eigenvalue weighted by atomic mass is 16.5. The minimum Gasteiger partial charge on any atom is -0.334 e. The molecule has 0 aliphatic heterocycles. The van der Waals surface area contributed by atoms with Crippen molar-refractivity contribution in [3.8, 4) is 23.0 Å². The topological polar surface area (TPSA) is 93.8 Å². The van der Waals surface area contributed by atoms with Gasteiger partial charge >= 0.3 is 0 Å². The SMILES string of the molecule is CC(=O)Nc1ccc(-c2nc(-c3cccnn3)no2)c(C)c1. The summed E-state index contributed by atoms with van der Waals surface area (Å²) >= 11 is 0. The summed E-state index contributed by atoms with van der Waals surface area (Å²) in [6.45, 7) is 3.38. The number of hydrogen-bond acceptors (Lipinski definition) is 6. The molecule has 1 amide bonds. The number of aromatic nitrogens is 4. The van der Waals surface area contributed by atoms with Crippen molar-refractivity contribution >= 4 is 11.6 Å². The normalized spacial score (nSPS) is 10.5. The lowest BCUT2D eigenvalue weighted by Crippen LogP contribution is -2.05. The van der Waals surface area contributed by atoms with Crippen molar-refractivity contribution in [2.75, 3.05) is 5.32 Å². The number of benzene rings is 1. The summed E-state index contributed by atoms with van der Waals surface area (Å²) in [5.41, 5.74) is 2.99. The van der Waals surface area contributed by atoms with Crippen LogP contribution in [0.25, 0.3) is 23.0 Å². The average molecular weight is 295 g/mol. The molecule has 1 aromatic carbocycles. The molecule has 0 bridgehead atoms. The Morgan fingerprint density at radius 2 is 2.14 bits per heavy atom. The molecule has 0 saturated carbocycles. The van der Waals surface area contributed by atoms with Gasteiger partial charge in [0.25, 0.3) is 5.89 Å². The van der Waals surface area contributed by atoms with Gasteiger partial charge in [0.2, 0.25) is 11.7 Å². The van der Waals surface area contributed by atoms with Gasteiger partial charge in [0.1, 0.15) is 5.69 Å². The summed E-state index contributed by atoms with van der Waals surface area (Å²) in [7, 11) is 0. The lowest BCUT2D eigenvalue weighted by atomic mass is 10.1. The number of nitrogens with zero attached hydrogens (tertiary/aromatic N) is 4. The van der Waals surface area contributed by atoms with Gasteiger partial charge in [-0.1, -0.05) is 5.16 Å². The Morgan fingerprint density at radius 3 is 2.82 bits per heavy atom. The van der Waals surface area contributed by atoms with E-state index in [0.717, 1.165) is 16.8 Å². The van der Waals surface area contributed by atoms with Crippen molar-refractivity contribution < 1.29 is 9.32 Å². The highest BCUT2D eigenvalue weighted by Crippen LogP contribution is 2.26. The van der Waals surface area contributed by atoms with E-state index in [9.17, 15) is 4.79 Å². The second kappa shape index (κ2) is 5.72. The van der Waals surface area contributed by atoms with Crippen LogP contribution in [-0.4, -0.2) is 26.2 Å². The molecular formula is C15H13N5O2.